The van der Waals surface area contributed by atoms with Crippen LogP contribution in [0.3, 0.4) is 0 Å². The Hall–Kier alpha value is 0.644. The minimum Gasteiger partial charge on any atom is -0.343 e. The quantitative estimate of drug-likeness (QED) is 0.447. The molecule has 0 aromatic heterocycles. The number of hydrogen-bond donors (Lipinski definition) is 0. The van der Waals surface area contributed by atoms with Crippen LogP contribution in [0.25, 0.3) is 0 Å². The molecule has 0 atom stereocenters. The molecule has 0 unspecified atom stereocenters. The van der Waals surface area contributed by atoms with Crippen molar-refractivity contribution in [2.24, 2.45) is 0 Å². The summed E-state index contributed by atoms with van der Waals surface area (Å²) in [6.45, 7) is 2.81. The summed E-state index contributed by atoms with van der Waals surface area (Å²) in [6.07, 6.45) is 10.0. The molecule has 1 rings (SSSR count). The predicted octanol–water partition coefficient (Wildman–Crippen LogP) is 2.17. The van der Waals surface area contributed by atoms with Crippen LogP contribution in [-0.2, 0) is 37.5 Å². The number of carbonyl (C=O) groups is 1. The monoisotopic (exact) mass is 215 g/mol. The van der Waals surface area contributed by atoms with E-state index in [0.717, 1.165) is 0 Å². The molecule has 0 saturated heterocycles. The third kappa shape index (κ3) is 11.4. The molecule has 0 spiro atoms. The molecule has 0 amide bonds. The van der Waals surface area contributed by atoms with Crippen LogP contribution < -0.4 is 0 Å². The van der Waals surface area contributed by atoms with Crippen molar-refractivity contribution in [1.29, 1.82) is 0 Å². The summed E-state index contributed by atoms with van der Waals surface area (Å²) in [5.41, 5.74) is 0. The van der Waals surface area contributed by atoms with Gasteiger partial charge in [-0.25, -0.2) is 0 Å². The maximum Gasteiger partial charge on any atom is 0 e. The molecule has 0 aromatic carbocycles. The Kier molecular flexibility index (Phi) is 16.3. The van der Waals surface area contributed by atoms with E-state index in [1.165, 1.54) is 32.1 Å². The van der Waals surface area contributed by atoms with E-state index in [4.69, 9.17) is 4.79 Å². The molecular formula is C8H14OY-2. The Labute approximate surface area is 88.8 Å². The van der Waals surface area contributed by atoms with Crippen molar-refractivity contribution < 1.29 is 37.5 Å². The summed E-state index contributed by atoms with van der Waals surface area (Å²) >= 11 is 0. The summed E-state index contributed by atoms with van der Waals surface area (Å²) < 4.78 is 0. The van der Waals surface area contributed by atoms with Gasteiger partial charge in [0.2, 0.25) is 0 Å². The van der Waals surface area contributed by atoms with Gasteiger partial charge < -0.3 is 18.1 Å². The van der Waals surface area contributed by atoms with Crippen LogP contribution in [-0.4, -0.2) is 6.29 Å². The molecule has 0 bridgehead atoms. The third-order valence-corrected chi connectivity index (χ3v) is 1.32. The number of carbonyl (C=O) groups excluding carboxylic acids is 1. The standard InChI is InChI=1S/C6H11.C2H3O.Y/c1-2-4-6-5-3-1;1-2-3;/h1H,2-6H2;2H,1H2;/q2*-1;. The van der Waals surface area contributed by atoms with Crippen molar-refractivity contribution >= 4 is 6.29 Å². The van der Waals surface area contributed by atoms with Gasteiger partial charge >= 0.3 is 0 Å². The molecule has 10 heavy (non-hydrogen) atoms. The van der Waals surface area contributed by atoms with E-state index in [-0.39, 0.29) is 32.7 Å². The summed E-state index contributed by atoms with van der Waals surface area (Å²) in [6, 6.07) is 0. The van der Waals surface area contributed by atoms with Crippen LogP contribution in [0.1, 0.15) is 32.1 Å². The summed E-state index contributed by atoms with van der Waals surface area (Å²) in [7, 11) is 0. The van der Waals surface area contributed by atoms with Gasteiger partial charge in [0.15, 0.2) is 0 Å². The largest absolute Gasteiger partial charge is 0.343 e. The summed E-state index contributed by atoms with van der Waals surface area (Å²) in [5, 5.41) is 0. The fourth-order valence-electron chi connectivity index (χ4n) is 0.898. The first kappa shape index (κ1) is 13.2. The average molecular weight is 215 g/mol. The fourth-order valence-corrected chi connectivity index (χ4v) is 0.898. The first-order valence-electron chi connectivity index (χ1n) is 3.46. The Bertz CT molecular complexity index is 48.8. The molecular weight excluding hydrogens is 201 g/mol. The van der Waals surface area contributed by atoms with E-state index in [0.29, 0.717) is 6.29 Å². The second kappa shape index (κ2) is 12.3. The second-order valence-electron chi connectivity index (χ2n) is 2.09. The zero-order chi connectivity index (χ0) is 6.95. The van der Waals surface area contributed by atoms with Crippen LogP contribution in [0.15, 0.2) is 0 Å². The Morgan fingerprint density at radius 1 is 1.20 bits per heavy atom. The third-order valence-electron chi connectivity index (χ3n) is 1.32. The first-order chi connectivity index (χ1) is 4.41. The zero-order valence-electron chi connectivity index (χ0n) is 6.38. The van der Waals surface area contributed by atoms with Gasteiger partial charge in [-0.2, -0.15) is 12.8 Å². The van der Waals surface area contributed by atoms with Crippen LogP contribution >= 0.6 is 0 Å². The van der Waals surface area contributed by atoms with Gasteiger partial charge in [-0.15, -0.1) is 0 Å². The Morgan fingerprint density at radius 2 is 1.60 bits per heavy atom. The molecule has 1 aliphatic rings. The van der Waals surface area contributed by atoms with E-state index < -0.39 is 0 Å². The maximum absolute atomic E-state index is 8.69. The van der Waals surface area contributed by atoms with Gasteiger partial charge in [0.1, 0.15) is 0 Å². The molecule has 1 radical (unpaired) electrons. The van der Waals surface area contributed by atoms with Crippen molar-refractivity contribution in [1.82, 2.24) is 0 Å². The van der Waals surface area contributed by atoms with Gasteiger partial charge in [-0.3, -0.25) is 0 Å². The number of rotatable bonds is 0. The molecule has 1 saturated carbocycles. The molecule has 0 heterocycles. The first-order valence-corrected chi connectivity index (χ1v) is 3.46. The maximum atomic E-state index is 8.69. The van der Waals surface area contributed by atoms with Gasteiger partial charge in [0.05, 0.1) is 0 Å². The van der Waals surface area contributed by atoms with Crippen LogP contribution in [0.5, 0.6) is 0 Å². The molecule has 0 N–H and O–H groups in total. The predicted molar refractivity (Wildman–Crippen MR) is 38.8 cm³/mol. The van der Waals surface area contributed by atoms with Crippen molar-refractivity contribution in [2.75, 3.05) is 0 Å². The minimum absolute atomic E-state index is 0. The van der Waals surface area contributed by atoms with E-state index in [2.05, 4.69) is 13.3 Å². The molecule has 57 valence electrons. The average Bonchev–Trinajstić information content (AvgIpc) is 1.93. The van der Waals surface area contributed by atoms with Gasteiger partial charge in [-0.1, -0.05) is 19.3 Å². The molecule has 1 fully saturated rings. The van der Waals surface area contributed by atoms with E-state index in [1.807, 2.05) is 0 Å². The minimum atomic E-state index is 0. The topological polar surface area (TPSA) is 17.1 Å². The van der Waals surface area contributed by atoms with E-state index in [1.54, 1.807) is 0 Å². The molecule has 0 aliphatic heterocycles. The second-order valence-corrected chi connectivity index (χ2v) is 2.09. The van der Waals surface area contributed by atoms with Crippen molar-refractivity contribution in [3.8, 4) is 0 Å². The smallest absolute Gasteiger partial charge is 0 e. The van der Waals surface area contributed by atoms with Gasteiger partial charge in [-0.05, 0) is 6.29 Å². The summed E-state index contributed by atoms with van der Waals surface area (Å²) in [5.74, 6) is 0. The Balaban J connectivity index is 0. The molecule has 0 aromatic rings. The number of hydrogen-bond acceptors (Lipinski definition) is 1. The van der Waals surface area contributed by atoms with E-state index in [9.17, 15) is 0 Å². The van der Waals surface area contributed by atoms with Gasteiger partial charge in [0, 0.05) is 32.7 Å². The zero-order valence-corrected chi connectivity index (χ0v) is 9.22. The normalized spacial score (nSPS) is 15.6. The van der Waals surface area contributed by atoms with Crippen molar-refractivity contribution in [3.63, 3.8) is 0 Å². The number of aldehydes is 1. The molecule has 1 aliphatic carbocycles. The SMILES string of the molecule is [CH-]1CCCCC1.[CH2-]C=O.[Y]. The summed E-state index contributed by atoms with van der Waals surface area (Å²) in [4.78, 5) is 8.69. The van der Waals surface area contributed by atoms with E-state index >= 15 is 0 Å². The molecule has 2 heteroatoms. The van der Waals surface area contributed by atoms with Crippen LogP contribution in [0, 0.1) is 13.3 Å². The Morgan fingerprint density at radius 3 is 1.70 bits per heavy atom. The van der Waals surface area contributed by atoms with Crippen molar-refractivity contribution in [3.05, 3.63) is 13.3 Å². The van der Waals surface area contributed by atoms with Crippen molar-refractivity contribution in [2.45, 2.75) is 32.1 Å². The van der Waals surface area contributed by atoms with Crippen LogP contribution in [0.2, 0.25) is 0 Å². The molecule has 1 nitrogen and oxygen atoms in total. The van der Waals surface area contributed by atoms with Gasteiger partial charge in [0.25, 0.3) is 0 Å². The van der Waals surface area contributed by atoms with Crippen LogP contribution in [0.4, 0.5) is 0 Å². The fraction of sp³-hybridized carbons (Fsp3) is 0.625.